The molecule has 0 aliphatic heterocycles. The van der Waals surface area contributed by atoms with Gasteiger partial charge in [0, 0.05) is 17.1 Å². The summed E-state index contributed by atoms with van der Waals surface area (Å²) in [6, 6.07) is 12.8. The average Bonchev–Trinajstić information content (AvgIpc) is 2.60. The van der Waals surface area contributed by atoms with Crippen molar-refractivity contribution >= 4 is 23.2 Å². The standard InChI is InChI=1S/C18H21ClN2O3/c1-12(13-5-4-6-14(19)9-13)20-11-18(22)21-16-8-7-15(23-2)10-17(16)24-3/h4-10,12,20H,11H2,1-3H3,(H,21,22)/t12-/m0/s1. The summed E-state index contributed by atoms with van der Waals surface area (Å²) >= 11 is 5.99. The summed E-state index contributed by atoms with van der Waals surface area (Å²) in [6.45, 7) is 2.15. The Morgan fingerprint density at radius 1 is 1.17 bits per heavy atom. The van der Waals surface area contributed by atoms with Crippen molar-refractivity contribution in [3.63, 3.8) is 0 Å². The fourth-order valence-electron chi connectivity index (χ4n) is 2.24. The van der Waals surface area contributed by atoms with E-state index in [1.807, 2.05) is 31.2 Å². The van der Waals surface area contributed by atoms with Gasteiger partial charge in [-0.25, -0.2) is 0 Å². The Balaban J connectivity index is 1.94. The van der Waals surface area contributed by atoms with Crippen LogP contribution in [0.4, 0.5) is 5.69 Å². The van der Waals surface area contributed by atoms with E-state index in [1.165, 1.54) is 0 Å². The second-order valence-corrected chi connectivity index (χ2v) is 5.71. The maximum Gasteiger partial charge on any atom is 0.238 e. The Labute approximate surface area is 146 Å². The molecule has 1 atom stereocenters. The molecule has 0 spiro atoms. The van der Waals surface area contributed by atoms with Crippen molar-refractivity contribution in [1.82, 2.24) is 5.32 Å². The minimum Gasteiger partial charge on any atom is -0.497 e. The van der Waals surface area contributed by atoms with Crippen LogP contribution in [0.15, 0.2) is 42.5 Å². The minimum atomic E-state index is -0.160. The molecule has 0 aromatic heterocycles. The maximum absolute atomic E-state index is 12.2. The van der Waals surface area contributed by atoms with Crippen LogP contribution in [0, 0.1) is 0 Å². The third-order valence-corrected chi connectivity index (χ3v) is 3.84. The molecular weight excluding hydrogens is 328 g/mol. The molecule has 0 saturated heterocycles. The van der Waals surface area contributed by atoms with Crippen molar-refractivity contribution in [2.24, 2.45) is 0 Å². The van der Waals surface area contributed by atoms with Crippen LogP contribution in [0.2, 0.25) is 5.02 Å². The smallest absolute Gasteiger partial charge is 0.238 e. The molecular formula is C18H21ClN2O3. The van der Waals surface area contributed by atoms with E-state index < -0.39 is 0 Å². The number of ether oxygens (including phenoxy) is 2. The molecule has 0 aliphatic carbocycles. The van der Waals surface area contributed by atoms with Crippen molar-refractivity contribution in [1.29, 1.82) is 0 Å². The van der Waals surface area contributed by atoms with Crippen LogP contribution in [-0.2, 0) is 4.79 Å². The molecule has 0 unspecified atom stereocenters. The summed E-state index contributed by atoms with van der Waals surface area (Å²) < 4.78 is 10.4. The van der Waals surface area contributed by atoms with Crippen LogP contribution in [0.1, 0.15) is 18.5 Å². The van der Waals surface area contributed by atoms with E-state index in [2.05, 4.69) is 10.6 Å². The monoisotopic (exact) mass is 348 g/mol. The van der Waals surface area contributed by atoms with E-state index in [9.17, 15) is 4.79 Å². The number of methoxy groups -OCH3 is 2. The number of amides is 1. The highest BCUT2D eigenvalue weighted by atomic mass is 35.5. The molecule has 128 valence electrons. The number of anilines is 1. The highest BCUT2D eigenvalue weighted by Gasteiger charge is 2.11. The van der Waals surface area contributed by atoms with Crippen LogP contribution in [0.5, 0.6) is 11.5 Å². The first-order valence-corrected chi connectivity index (χ1v) is 7.92. The van der Waals surface area contributed by atoms with E-state index in [-0.39, 0.29) is 18.5 Å². The van der Waals surface area contributed by atoms with Crippen molar-refractivity contribution in [3.8, 4) is 11.5 Å². The Kier molecular flexibility index (Phi) is 6.46. The third kappa shape index (κ3) is 4.88. The highest BCUT2D eigenvalue weighted by molar-refractivity contribution is 6.30. The molecule has 0 bridgehead atoms. The largest absolute Gasteiger partial charge is 0.497 e. The molecule has 5 nitrogen and oxygen atoms in total. The third-order valence-electron chi connectivity index (χ3n) is 3.60. The molecule has 0 fully saturated rings. The predicted molar refractivity (Wildman–Crippen MR) is 96.0 cm³/mol. The molecule has 0 aliphatic rings. The lowest BCUT2D eigenvalue weighted by Gasteiger charge is -2.15. The summed E-state index contributed by atoms with van der Waals surface area (Å²) in [4.78, 5) is 12.2. The molecule has 0 radical (unpaired) electrons. The summed E-state index contributed by atoms with van der Waals surface area (Å²) in [6.07, 6.45) is 0. The molecule has 0 heterocycles. The number of benzene rings is 2. The zero-order chi connectivity index (χ0) is 17.5. The zero-order valence-electron chi connectivity index (χ0n) is 13.9. The van der Waals surface area contributed by atoms with Crippen molar-refractivity contribution in [2.45, 2.75) is 13.0 Å². The number of hydrogen-bond donors (Lipinski definition) is 2. The van der Waals surface area contributed by atoms with E-state index in [1.54, 1.807) is 32.4 Å². The fraction of sp³-hybridized carbons (Fsp3) is 0.278. The van der Waals surface area contributed by atoms with Gasteiger partial charge >= 0.3 is 0 Å². The Bertz CT molecular complexity index is 706. The van der Waals surface area contributed by atoms with Crippen molar-refractivity contribution in [3.05, 3.63) is 53.1 Å². The Hall–Kier alpha value is -2.24. The molecule has 6 heteroatoms. The first-order valence-electron chi connectivity index (χ1n) is 7.54. The summed E-state index contributed by atoms with van der Waals surface area (Å²) in [5.41, 5.74) is 1.62. The molecule has 24 heavy (non-hydrogen) atoms. The van der Waals surface area contributed by atoms with Gasteiger partial charge in [0.15, 0.2) is 0 Å². The van der Waals surface area contributed by atoms with Gasteiger partial charge in [0.25, 0.3) is 0 Å². The number of nitrogens with one attached hydrogen (secondary N) is 2. The highest BCUT2D eigenvalue weighted by Crippen LogP contribution is 2.28. The predicted octanol–water partition coefficient (Wildman–Crippen LogP) is 3.65. The minimum absolute atomic E-state index is 0.00668. The van der Waals surface area contributed by atoms with Gasteiger partial charge in [0.05, 0.1) is 26.5 Å². The van der Waals surface area contributed by atoms with Crippen LogP contribution < -0.4 is 20.1 Å². The van der Waals surface area contributed by atoms with Crippen LogP contribution in [-0.4, -0.2) is 26.7 Å². The van der Waals surface area contributed by atoms with Gasteiger partial charge in [-0.05, 0) is 36.8 Å². The second kappa shape index (κ2) is 8.57. The average molecular weight is 349 g/mol. The van der Waals surface area contributed by atoms with E-state index in [0.29, 0.717) is 22.2 Å². The van der Waals surface area contributed by atoms with Gasteiger partial charge in [-0.2, -0.15) is 0 Å². The normalized spacial score (nSPS) is 11.7. The first kappa shape index (κ1) is 18.1. The summed E-state index contributed by atoms with van der Waals surface area (Å²) in [7, 11) is 3.12. The van der Waals surface area contributed by atoms with Crippen LogP contribution in [0.3, 0.4) is 0 Å². The molecule has 1 amide bonds. The zero-order valence-corrected chi connectivity index (χ0v) is 14.7. The van der Waals surface area contributed by atoms with E-state index in [4.69, 9.17) is 21.1 Å². The number of rotatable bonds is 7. The number of carbonyl (C=O) groups excluding carboxylic acids is 1. The Morgan fingerprint density at radius 2 is 1.96 bits per heavy atom. The molecule has 2 N–H and O–H groups in total. The lowest BCUT2D eigenvalue weighted by molar-refractivity contribution is -0.115. The molecule has 2 aromatic carbocycles. The lowest BCUT2D eigenvalue weighted by Crippen LogP contribution is -2.30. The van der Waals surface area contributed by atoms with Gasteiger partial charge in [-0.1, -0.05) is 23.7 Å². The lowest BCUT2D eigenvalue weighted by atomic mass is 10.1. The molecule has 2 rings (SSSR count). The number of halogens is 1. The second-order valence-electron chi connectivity index (χ2n) is 5.27. The first-order chi connectivity index (χ1) is 11.5. The Morgan fingerprint density at radius 3 is 2.62 bits per heavy atom. The van der Waals surface area contributed by atoms with E-state index >= 15 is 0 Å². The summed E-state index contributed by atoms with van der Waals surface area (Å²) in [5.74, 6) is 1.05. The fourth-order valence-corrected chi connectivity index (χ4v) is 2.43. The van der Waals surface area contributed by atoms with Gasteiger partial charge in [0.2, 0.25) is 5.91 Å². The maximum atomic E-state index is 12.2. The van der Waals surface area contributed by atoms with Gasteiger partial charge in [0.1, 0.15) is 11.5 Å². The topological polar surface area (TPSA) is 59.6 Å². The number of carbonyl (C=O) groups is 1. The van der Waals surface area contributed by atoms with E-state index in [0.717, 1.165) is 5.56 Å². The van der Waals surface area contributed by atoms with Gasteiger partial charge < -0.3 is 20.1 Å². The van der Waals surface area contributed by atoms with Crippen LogP contribution >= 0.6 is 11.6 Å². The molecule has 0 saturated carbocycles. The molecule has 2 aromatic rings. The number of hydrogen-bond acceptors (Lipinski definition) is 4. The van der Waals surface area contributed by atoms with Crippen molar-refractivity contribution < 1.29 is 14.3 Å². The van der Waals surface area contributed by atoms with Gasteiger partial charge in [-0.15, -0.1) is 0 Å². The van der Waals surface area contributed by atoms with Gasteiger partial charge in [-0.3, -0.25) is 4.79 Å². The quantitative estimate of drug-likeness (QED) is 0.802. The summed E-state index contributed by atoms with van der Waals surface area (Å²) in [5, 5.41) is 6.67. The van der Waals surface area contributed by atoms with Crippen LogP contribution in [0.25, 0.3) is 0 Å². The van der Waals surface area contributed by atoms with Crippen molar-refractivity contribution in [2.75, 3.05) is 26.1 Å². The SMILES string of the molecule is COc1ccc(NC(=O)CN[C@@H](C)c2cccc(Cl)c2)c(OC)c1.